The average molecular weight is 464 g/mol. The summed E-state index contributed by atoms with van der Waals surface area (Å²) in [5.41, 5.74) is 6.78. The van der Waals surface area contributed by atoms with Gasteiger partial charge in [-0.2, -0.15) is 0 Å². The van der Waals surface area contributed by atoms with Gasteiger partial charge in [-0.15, -0.1) is 24.0 Å². The van der Waals surface area contributed by atoms with Gasteiger partial charge >= 0.3 is 0 Å². The molecule has 25 heavy (non-hydrogen) atoms. The van der Waals surface area contributed by atoms with Crippen molar-refractivity contribution in [1.82, 2.24) is 4.90 Å². The molecule has 144 valence electrons. The minimum Gasteiger partial charge on any atom is -0.493 e. The summed E-state index contributed by atoms with van der Waals surface area (Å²) < 4.78 is 10.5. The molecule has 0 heterocycles. The second-order valence-electron chi connectivity index (χ2n) is 5.66. The maximum Gasteiger partial charge on any atom is 0.193 e. The number of hydrogen-bond donors (Lipinski definition) is 2. The zero-order valence-electron chi connectivity index (χ0n) is 15.9. The first-order valence-electron chi connectivity index (χ1n) is 8.65. The molecule has 7 heteroatoms. The highest BCUT2D eigenvalue weighted by molar-refractivity contribution is 14.0. The standard InChI is InChI=1S/C18H32N4O2.HI/c1-5-11-22(12-6-2)13-7-10-20-18(19)21-15-8-9-16(23-3)17(14-15)24-4;/h8-9,14H,5-7,10-13H2,1-4H3,(H3,19,20,21);1H. The van der Waals surface area contributed by atoms with Gasteiger partial charge < -0.3 is 25.4 Å². The summed E-state index contributed by atoms with van der Waals surface area (Å²) in [4.78, 5) is 6.87. The van der Waals surface area contributed by atoms with Crippen molar-refractivity contribution in [1.29, 1.82) is 0 Å². The van der Waals surface area contributed by atoms with Gasteiger partial charge in [0.2, 0.25) is 0 Å². The van der Waals surface area contributed by atoms with Gasteiger partial charge in [0.05, 0.1) is 14.2 Å². The molecule has 6 nitrogen and oxygen atoms in total. The lowest BCUT2D eigenvalue weighted by Crippen LogP contribution is -2.27. The number of anilines is 1. The number of methoxy groups -OCH3 is 2. The monoisotopic (exact) mass is 464 g/mol. The molecule has 0 spiro atoms. The molecule has 1 aromatic carbocycles. The number of rotatable bonds is 11. The molecule has 0 aromatic heterocycles. The van der Waals surface area contributed by atoms with Crippen LogP contribution in [0.2, 0.25) is 0 Å². The number of nitrogens with one attached hydrogen (secondary N) is 1. The highest BCUT2D eigenvalue weighted by atomic mass is 127. The Morgan fingerprint density at radius 3 is 2.28 bits per heavy atom. The first kappa shape index (κ1) is 23.8. The summed E-state index contributed by atoms with van der Waals surface area (Å²) in [6.07, 6.45) is 3.38. The number of ether oxygens (including phenoxy) is 2. The largest absolute Gasteiger partial charge is 0.493 e. The van der Waals surface area contributed by atoms with Crippen molar-refractivity contribution in [2.45, 2.75) is 33.1 Å². The van der Waals surface area contributed by atoms with Crippen molar-refractivity contribution < 1.29 is 9.47 Å². The molecular weight excluding hydrogens is 431 g/mol. The second-order valence-corrected chi connectivity index (χ2v) is 5.66. The fraction of sp³-hybridized carbons (Fsp3) is 0.611. The maximum atomic E-state index is 5.96. The number of aliphatic imine (C=N–C) groups is 1. The molecule has 0 amide bonds. The van der Waals surface area contributed by atoms with E-state index in [1.807, 2.05) is 18.2 Å². The van der Waals surface area contributed by atoms with E-state index in [2.05, 4.69) is 29.1 Å². The van der Waals surface area contributed by atoms with E-state index in [-0.39, 0.29) is 24.0 Å². The third-order valence-electron chi connectivity index (χ3n) is 3.65. The van der Waals surface area contributed by atoms with Crippen molar-refractivity contribution in [2.24, 2.45) is 10.7 Å². The average Bonchev–Trinajstić information content (AvgIpc) is 2.58. The number of hydrogen-bond acceptors (Lipinski definition) is 4. The highest BCUT2D eigenvalue weighted by Crippen LogP contribution is 2.29. The molecule has 3 N–H and O–H groups in total. The quantitative estimate of drug-likeness (QED) is 0.227. The Balaban J connectivity index is 0.00000576. The van der Waals surface area contributed by atoms with Gasteiger partial charge in [-0.3, -0.25) is 4.99 Å². The number of nitrogens with zero attached hydrogens (tertiary/aromatic N) is 2. The molecule has 1 rings (SSSR count). The third-order valence-corrected chi connectivity index (χ3v) is 3.65. The molecule has 0 unspecified atom stereocenters. The zero-order chi connectivity index (χ0) is 17.8. The van der Waals surface area contributed by atoms with Crippen LogP contribution in [-0.2, 0) is 0 Å². The minimum absolute atomic E-state index is 0. The Labute approximate surface area is 169 Å². The predicted octanol–water partition coefficient (Wildman–Crippen LogP) is 3.56. The normalized spacial score (nSPS) is 11.2. The van der Waals surface area contributed by atoms with Gasteiger partial charge in [-0.05, 0) is 51.0 Å². The van der Waals surface area contributed by atoms with Crippen molar-refractivity contribution in [3.05, 3.63) is 18.2 Å². The molecule has 0 saturated carbocycles. The van der Waals surface area contributed by atoms with Crippen molar-refractivity contribution in [3.8, 4) is 11.5 Å². The van der Waals surface area contributed by atoms with Gasteiger partial charge in [-0.25, -0.2) is 0 Å². The second kappa shape index (κ2) is 14.0. The molecule has 0 aliphatic heterocycles. The van der Waals surface area contributed by atoms with Crippen molar-refractivity contribution in [3.63, 3.8) is 0 Å². The highest BCUT2D eigenvalue weighted by Gasteiger charge is 2.05. The summed E-state index contributed by atoms with van der Waals surface area (Å²) >= 11 is 0. The molecule has 0 atom stereocenters. The molecule has 0 aliphatic rings. The SMILES string of the molecule is CCCN(CCC)CCCN=C(N)Nc1ccc(OC)c(OC)c1.I. The lowest BCUT2D eigenvalue weighted by atomic mass is 10.3. The first-order valence-corrected chi connectivity index (χ1v) is 8.65. The molecule has 0 aliphatic carbocycles. The Bertz CT molecular complexity index is 506. The summed E-state index contributed by atoms with van der Waals surface area (Å²) in [7, 11) is 3.22. The summed E-state index contributed by atoms with van der Waals surface area (Å²) in [6, 6.07) is 5.56. The fourth-order valence-electron chi connectivity index (χ4n) is 2.56. The van der Waals surface area contributed by atoms with Gasteiger partial charge in [0.1, 0.15) is 0 Å². The van der Waals surface area contributed by atoms with E-state index in [1.165, 1.54) is 12.8 Å². The summed E-state index contributed by atoms with van der Waals surface area (Å²) in [5.74, 6) is 1.76. The van der Waals surface area contributed by atoms with Gasteiger partial charge in [0.15, 0.2) is 17.5 Å². The van der Waals surface area contributed by atoms with Crippen LogP contribution in [0.4, 0.5) is 5.69 Å². The Kier molecular flexibility index (Phi) is 13.3. The van der Waals surface area contributed by atoms with Crippen LogP contribution >= 0.6 is 24.0 Å². The van der Waals surface area contributed by atoms with Crippen LogP contribution in [-0.4, -0.2) is 51.3 Å². The maximum absolute atomic E-state index is 5.96. The van der Waals surface area contributed by atoms with E-state index in [0.717, 1.165) is 38.3 Å². The first-order chi connectivity index (χ1) is 11.6. The van der Waals surface area contributed by atoms with E-state index in [9.17, 15) is 0 Å². The molecule has 0 saturated heterocycles. The molecular formula is C18H33IN4O2. The predicted molar refractivity (Wildman–Crippen MR) is 117 cm³/mol. The summed E-state index contributed by atoms with van der Waals surface area (Å²) in [6.45, 7) is 8.51. The van der Waals surface area contributed by atoms with Crippen molar-refractivity contribution >= 4 is 35.6 Å². The Hall–Kier alpha value is -1.22. The fourth-order valence-corrected chi connectivity index (χ4v) is 2.56. The van der Waals surface area contributed by atoms with Crippen LogP contribution in [0.25, 0.3) is 0 Å². The van der Waals surface area contributed by atoms with Crippen molar-refractivity contribution in [2.75, 3.05) is 45.7 Å². The number of guanidine groups is 1. The zero-order valence-corrected chi connectivity index (χ0v) is 18.2. The molecule has 0 radical (unpaired) electrons. The summed E-state index contributed by atoms with van der Waals surface area (Å²) in [5, 5.41) is 3.08. The Morgan fingerprint density at radius 1 is 1.08 bits per heavy atom. The molecule has 0 bridgehead atoms. The van der Waals surface area contributed by atoms with Gasteiger partial charge in [0, 0.05) is 18.3 Å². The van der Waals surface area contributed by atoms with E-state index < -0.39 is 0 Å². The van der Waals surface area contributed by atoms with E-state index in [1.54, 1.807) is 14.2 Å². The van der Waals surface area contributed by atoms with E-state index in [0.29, 0.717) is 17.5 Å². The number of nitrogens with two attached hydrogens (primary N) is 1. The number of halogens is 1. The minimum atomic E-state index is 0. The Morgan fingerprint density at radius 2 is 1.72 bits per heavy atom. The van der Waals surface area contributed by atoms with E-state index >= 15 is 0 Å². The third kappa shape index (κ3) is 9.15. The van der Waals surface area contributed by atoms with Crippen LogP contribution in [0, 0.1) is 0 Å². The smallest absolute Gasteiger partial charge is 0.193 e. The van der Waals surface area contributed by atoms with E-state index in [4.69, 9.17) is 15.2 Å². The van der Waals surface area contributed by atoms with Gasteiger partial charge in [-0.1, -0.05) is 13.8 Å². The van der Waals surface area contributed by atoms with Crippen LogP contribution in [0.15, 0.2) is 23.2 Å². The lowest BCUT2D eigenvalue weighted by Gasteiger charge is -2.20. The topological polar surface area (TPSA) is 72.1 Å². The lowest BCUT2D eigenvalue weighted by molar-refractivity contribution is 0.273. The molecule has 1 aromatic rings. The number of benzene rings is 1. The van der Waals surface area contributed by atoms with Gasteiger partial charge in [0.25, 0.3) is 0 Å². The van der Waals surface area contributed by atoms with Crippen LogP contribution in [0.5, 0.6) is 11.5 Å². The van der Waals surface area contributed by atoms with Crippen LogP contribution < -0.4 is 20.5 Å². The van der Waals surface area contributed by atoms with Crippen LogP contribution in [0.3, 0.4) is 0 Å². The molecule has 0 fully saturated rings. The van der Waals surface area contributed by atoms with Crippen LogP contribution in [0.1, 0.15) is 33.1 Å².